The summed E-state index contributed by atoms with van der Waals surface area (Å²) in [5.74, 6) is -0.411. The monoisotopic (exact) mass is 302 g/mol. The van der Waals surface area contributed by atoms with Crippen molar-refractivity contribution in [2.45, 2.75) is 19.6 Å². The van der Waals surface area contributed by atoms with Gasteiger partial charge in [0, 0.05) is 24.7 Å². The van der Waals surface area contributed by atoms with E-state index in [1.807, 2.05) is 25.8 Å². The Morgan fingerprint density at radius 3 is 2.59 bits per heavy atom. The van der Waals surface area contributed by atoms with Crippen LogP contribution in [0.15, 0.2) is 24.3 Å². The average Bonchev–Trinajstić information content (AvgIpc) is 3.01. The van der Waals surface area contributed by atoms with E-state index < -0.39 is 0 Å². The minimum Gasteiger partial charge on any atom is -0.328 e. The largest absolute Gasteiger partial charge is 0.328 e. The van der Waals surface area contributed by atoms with Gasteiger partial charge >= 0.3 is 0 Å². The van der Waals surface area contributed by atoms with Crippen LogP contribution in [0.25, 0.3) is 0 Å². The number of hydrogen-bond acceptors (Lipinski definition) is 3. The van der Waals surface area contributed by atoms with Gasteiger partial charge in [-0.15, -0.1) is 0 Å². The first-order chi connectivity index (χ1) is 10.5. The standard InChI is InChI=1S/C16H19FN4O/c1-19(2)9-14-13-8-21(10-15(13)20(3)18-14)16(22)11-4-6-12(17)7-5-11/h4-7H,8-10H2,1-3H3. The Balaban J connectivity index is 1.82. The van der Waals surface area contributed by atoms with E-state index in [-0.39, 0.29) is 11.7 Å². The number of carbonyl (C=O) groups is 1. The summed E-state index contributed by atoms with van der Waals surface area (Å²) in [6.45, 7) is 1.85. The van der Waals surface area contributed by atoms with Gasteiger partial charge in [0.15, 0.2) is 0 Å². The first-order valence-corrected chi connectivity index (χ1v) is 7.19. The number of hydrogen-bond donors (Lipinski definition) is 0. The van der Waals surface area contributed by atoms with Gasteiger partial charge in [-0.1, -0.05) is 0 Å². The lowest BCUT2D eigenvalue weighted by Gasteiger charge is -2.17. The molecule has 1 aromatic carbocycles. The molecule has 0 saturated heterocycles. The third kappa shape index (κ3) is 2.62. The summed E-state index contributed by atoms with van der Waals surface area (Å²) in [5, 5.41) is 4.54. The summed E-state index contributed by atoms with van der Waals surface area (Å²) in [4.78, 5) is 16.4. The highest BCUT2D eigenvalue weighted by atomic mass is 19.1. The van der Waals surface area contributed by atoms with E-state index in [2.05, 4.69) is 10.00 Å². The maximum Gasteiger partial charge on any atom is 0.254 e. The normalized spacial score (nSPS) is 13.8. The van der Waals surface area contributed by atoms with Crippen molar-refractivity contribution >= 4 is 5.91 Å². The second-order valence-corrected chi connectivity index (χ2v) is 5.90. The molecule has 1 aliphatic rings. The first-order valence-electron chi connectivity index (χ1n) is 7.19. The van der Waals surface area contributed by atoms with Gasteiger partial charge in [-0.2, -0.15) is 5.10 Å². The summed E-state index contributed by atoms with van der Waals surface area (Å²) < 4.78 is 14.8. The van der Waals surface area contributed by atoms with E-state index >= 15 is 0 Å². The fourth-order valence-electron chi connectivity index (χ4n) is 2.82. The number of benzene rings is 1. The molecule has 116 valence electrons. The lowest BCUT2D eigenvalue weighted by atomic mass is 10.2. The highest BCUT2D eigenvalue weighted by Gasteiger charge is 2.30. The van der Waals surface area contributed by atoms with E-state index in [1.165, 1.54) is 24.3 Å². The van der Waals surface area contributed by atoms with Crippen LogP contribution in [0.4, 0.5) is 4.39 Å². The van der Waals surface area contributed by atoms with Crippen molar-refractivity contribution in [1.82, 2.24) is 19.6 Å². The van der Waals surface area contributed by atoms with Crippen LogP contribution in [0.1, 0.15) is 27.3 Å². The van der Waals surface area contributed by atoms with Crippen molar-refractivity contribution in [3.8, 4) is 0 Å². The number of halogens is 1. The van der Waals surface area contributed by atoms with Gasteiger partial charge in [-0.3, -0.25) is 9.48 Å². The zero-order valence-corrected chi connectivity index (χ0v) is 13.0. The molecule has 2 heterocycles. The third-order valence-corrected chi connectivity index (χ3v) is 3.89. The first kappa shape index (κ1) is 14.7. The predicted molar refractivity (Wildman–Crippen MR) is 80.6 cm³/mol. The number of carbonyl (C=O) groups excluding carboxylic acids is 1. The van der Waals surface area contributed by atoms with Crippen LogP contribution in [0.5, 0.6) is 0 Å². The second-order valence-electron chi connectivity index (χ2n) is 5.90. The molecule has 22 heavy (non-hydrogen) atoms. The second kappa shape index (κ2) is 5.53. The van der Waals surface area contributed by atoms with Gasteiger partial charge in [0.2, 0.25) is 0 Å². The van der Waals surface area contributed by atoms with Crippen molar-refractivity contribution in [3.63, 3.8) is 0 Å². The number of amides is 1. The third-order valence-electron chi connectivity index (χ3n) is 3.89. The van der Waals surface area contributed by atoms with Crippen molar-refractivity contribution < 1.29 is 9.18 Å². The molecule has 5 nitrogen and oxygen atoms in total. The Labute approximate surface area is 128 Å². The topological polar surface area (TPSA) is 41.4 Å². The van der Waals surface area contributed by atoms with Crippen LogP contribution in [0.2, 0.25) is 0 Å². The molecule has 0 spiro atoms. The van der Waals surface area contributed by atoms with E-state index in [9.17, 15) is 9.18 Å². The quantitative estimate of drug-likeness (QED) is 0.868. The summed E-state index contributed by atoms with van der Waals surface area (Å²) in [6.07, 6.45) is 0. The van der Waals surface area contributed by atoms with Crippen molar-refractivity contribution in [2.75, 3.05) is 14.1 Å². The molecule has 0 fully saturated rings. The van der Waals surface area contributed by atoms with Gasteiger partial charge in [0.05, 0.1) is 24.5 Å². The maximum atomic E-state index is 13.0. The van der Waals surface area contributed by atoms with Crippen LogP contribution in [-0.4, -0.2) is 39.6 Å². The van der Waals surface area contributed by atoms with Crippen LogP contribution in [0, 0.1) is 5.82 Å². The van der Waals surface area contributed by atoms with E-state index in [4.69, 9.17) is 0 Å². The van der Waals surface area contributed by atoms with Crippen LogP contribution in [0.3, 0.4) is 0 Å². The molecule has 0 radical (unpaired) electrons. The zero-order chi connectivity index (χ0) is 15.9. The predicted octanol–water partition coefficient (Wildman–Crippen LogP) is 1.78. The highest BCUT2D eigenvalue weighted by Crippen LogP contribution is 2.27. The molecule has 0 aliphatic carbocycles. The van der Waals surface area contributed by atoms with Gasteiger partial charge in [-0.05, 0) is 38.4 Å². The summed E-state index contributed by atoms with van der Waals surface area (Å²) in [7, 11) is 5.90. The molecule has 0 atom stereocenters. The number of fused-ring (bicyclic) bond motifs is 1. The summed E-state index contributed by atoms with van der Waals surface area (Å²) in [5.41, 5.74) is 3.73. The number of nitrogens with zero attached hydrogens (tertiary/aromatic N) is 4. The molecular weight excluding hydrogens is 283 g/mol. The molecule has 0 N–H and O–H groups in total. The van der Waals surface area contributed by atoms with Crippen LogP contribution in [-0.2, 0) is 26.7 Å². The lowest BCUT2D eigenvalue weighted by molar-refractivity contribution is 0.0748. The molecule has 2 aromatic rings. The van der Waals surface area contributed by atoms with Gasteiger partial charge in [-0.25, -0.2) is 4.39 Å². The molecule has 1 aliphatic heterocycles. The SMILES string of the molecule is CN(C)Cc1nn(C)c2c1CN(C(=O)c1ccc(F)cc1)C2. The lowest BCUT2D eigenvalue weighted by Crippen LogP contribution is -2.26. The molecule has 0 bridgehead atoms. The van der Waals surface area contributed by atoms with Crippen LogP contribution < -0.4 is 0 Å². The highest BCUT2D eigenvalue weighted by molar-refractivity contribution is 5.94. The Morgan fingerprint density at radius 2 is 1.95 bits per heavy atom. The van der Waals surface area contributed by atoms with Gasteiger partial charge in [0.25, 0.3) is 5.91 Å². The number of aromatic nitrogens is 2. The van der Waals surface area contributed by atoms with Crippen molar-refractivity contribution in [1.29, 1.82) is 0 Å². The zero-order valence-electron chi connectivity index (χ0n) is 13.0. The Bertz CT molecular complexity index is 706. The van der Waals surface area contributed by atoms with E-state index in [0.29, 0.717) is 18.7 Å². The molecule has 1 aromatic heterocycles. The molecule has 0 saturated carbocycles. The van der Waals surface area contributed by atoms with Crippen molar-refractivity contribution in [3.05, 3.63) is 52.6 Å². The average molecular weight is 302 g/mol. The Kier molecular flexibility index (Phi) is 3.70. The summed E-state index contributed by atoms with van der Waals surface area (Å²) >= 11 is 0. The van der Waals surface area contributed by atoms with Crippen LogP contribution >= 0.6 is 0 Å². The number of aryl methyl sites for hydroxylation is 1. The van der Waals surface area contributed by atoms with Crippen molar-refractivity contribution in [2.24, 2.45) is 7.05 Å². The molecule has 6 heteroatoms. The molecule has 0 unspecified atom stereocenters. The number of rotatable bonds is 3. The molecule has 3 rings (SSSR count). The maximum absolute atomic E-state index is 13.0. The molecular formula is C16H19FN4O. The van der Waals surface area contributed by atoms with Gasteiger partial charge in [0.1, 0.15) is 5.82 Å². The fourth-order valence-corrected chi connectivity index (χ4v) is 2.82. The Morgan fingerprint density at radius 1 is 1.27 bits per heavy atom. The minimum absolute atomic E-state index is 0.0768. The summed E-state index contributed by atoms with van der Waals surface area (Å²) in [6, 6.07) is 5.68. The van der Waals surface area contributed by atoms with E-state index in [0.717, 1.165) is 23.5 Å². The smallest absolute Gasteiger partial charge is 0.254 e. The van der Waals surface area contributed by atoms with E-state index in [1.54, 1.807) is 4.90 Å². The minimum atomic E-state index is -0.335. The molecule has 1 amide bonds. The fraction of sp³-hybridized carbons (Fsp3) is 0.375. The Hall–Kier alpha value is -2.21. The van der Waals surface area contributed by atoms with Gasteiger partial charge < -0.3 is 9.80 Å².